The van der Waals surface area contributed by atoms with Crippen molar-refractivity contribution in [3.05, 3.63) is 46.9 Å². The third-order valence-electron chi connectivity index (χ3n) is 8.22. The number of piperidine rings is 2. The number of hydrogen-bond acceptors (Lipinski definition) is 6. The fourth-order valence-electron chi connectivity index (χ4n) is 6.13. The molecule has 188 valence electrons. The van der Waals surface area contributed by atoms with Crippen LogP contribution in [0.2, 0.25) is 5.02 Å². The highest BCUT2D eigenvalue weighted by atomic mass is 35.5. The molecule has 1 aliphatic carbocycles. The lowest BCUT2D eigenvalue weighted by molar-refractivity contribution is -0.143. The highest BCUT2D eigenvalue weighted by Crippen LogP contribution is 2.63. The van der Waals surface area contributed by atoms with Crippen LogP contribution in [0.15, 0.2) is 30.7 Å². The standard InChI is InChI=1S/C27H31ClN6O2/c1-15-7-18(28)9-19(23(15)30-11-16-5-4-6-29-10-16)24-20-8-17(13-34(20)32-14-31-24)12-33-25(35)21-22(26(33)36)27(21,2)3/h7-9,13-14,16,21-22,29-30H,4-6,10-12H2,1-3H3. The van der Waals surface area contributed by atoms with E-state index in [0.29, 0.717) is 10.9 Å². The Morgan fingerprint density at radius 1 is 1.19 bits per heavy atom. The summed E-state index contributed by atoms with van der Waals surface area (Å²) in [4.78, 5) is 31.7. The molecule has 0 spiro atoms. The molecule has 1 aromatic carbocycles. The van der Waals surface area contributed by atoms with Crippen molar-refractivity contribution >= 4 is 34.6 Å². The van der Waals surface area contributed by atoms with E-state index >= 15 is 0 Å². The molecule has 3 unspecified atom stereocenters. The lowest BCUT2D eigenvalue weighted by atomic mass is 9.98. The number of benzene rings is 1. The Balaban J connectivity index is 1.31. The lowest BCUT2D eigenvalue weighted by Crippen LogP contribution is -2.35. The van der Waals surface area contributed by atoms with Crippen LogP contribution >= 0.6 is 11.6 Å². The smallest absolute Gasteiger partial charge is 0.233 e. The predicted molar refractivity (Wildman–Crippen MR) is 139 cm³/mol. The zero-order valence-corrected chi connectivity index (χ0v) is 21.6. The Morgan fingerprint density at radius 3 is 2.69 bits per heavy atom. The average molecular weight is 507 g/mol. The van der Waals surface area contributed by atoms with E-state index in [0.717, 1.165) is 53.2 Å². The van der Waals surface area contributed by atoms with E-state index in [1.165, 1.54) is 24.1 Å². The number of hydrogen-bond donors (Lipinski definition) is 2. The van der Waals surface area contributed by atoms with Crippen molar-refractivity contribution in [2.45, 2.75) is 40.2 Å². The first kappa shape index (κ1) is 23.4. The van der Waals surface area contributed by atoms with Gasteiger partial charge in [0.25, 0.3) is 0 Å². The van der Waals surface area contributed by atoms with Crippen LogP contribution in [0, 0.1) is 30.1 Å². The summed E-state index contributed by atoms with van der Waals surface area (Å²) in [6.45, 7) is 9.26. The van der Waals surface area contributed by atoms with Gasteiger partial charge in [0.15, 0.2) is 0 Å². The van der Waals surface area contributed by atoms with E-state index in [-0.39, 0.29) is 35.6 Å². The van der Waals surface area contributed by atoms with Gasteiger partial charge in [0.1, 0.15) is 6.33 Å². The van der Waals surface area contributed by atoms with Gasteiger partial charge in [-0.15, -0.1) is 0 Å². The van der Waals surface area contributed by atoms with Gasteiger partial charge >= 0.3 is 0 Å². The normalized spacial score (nSPS) is 24.9. The van der Waals surface area contributed by atoms with Crippen molar-refractivity contribution in [3.8, 4) is 11.3 Å². The van der Waals surface area contributed by atoms with E-state index in [9.17, 15) is 9.59 Å². The number of halogens is 1. The van der Waals surface area contributed by atoms with E-state index in [2.05, 4.69) is 27.6 Å². The Hall–Kier alpha value is -2.97. The number of rotatable bonds is 6. The van der Waals surface area contributed by atoms with Crippen LogP contribution in [0.5, 0.6) is 0 Å². The van der Waals surface area contributed by atoms with Crippen LogP contribution in [-0.4, -0.2) is 50.9 Å². The molecule has 8 nitrogen and oxygen atoms in total. The van der Waals surface area contributed by atoms with Gasteiger partial charge in [0.2, 0.25) is 11.8 Å². The quantitative estimate of drug-likeness (QED) is 0.492. The summed E-state index contributed by atoms with van der Waals surface area (Å²) < 4.78 is 1.76. The molecule has 9 heteroatoms. The molecular formula is C27H31ClN6O2. The summed E-state index contributed by atoms with van der Waals surface area (Å²) in [6.07, 6.45) is 5.79. The fourth-order valence-corrected chi connectivity index (χ4v) is 6.40. The minimum Gasteiger partial charge on any atom is -0.384 e. The third-order valence-corrected chi connectivity index (χ3v) is 8.43. The predicted octanol–water partition coefficient (Wildman–Crippen LogP) is 3.91. The van der Waals surface area contributed by atoms with Crippen LogP contribution in [0.1, 0.15) is 37.8 Å². The highest BCUT2D eigenvalue weighted by molar-refractivity contribution is 6.31. The van der Waals surface area contributed by atoms with Gasteiger partial charge in [-0.2, -0.15) is 5.10 Å². The van der Waals surface area contributed by atoms with E-state index in [1.807, 2.05) is 38.2 Å². The Bertz CT molecular complexity index is 1350. The molecule has 1 saturated carbocycles. The highest BCUT2D eigenvalue weighted by Gasteiger charge is 2.72. The van der Waals surface area contributed by atoms with Gasteiger partial charge in [-0.25, -0.2) is 9.50 Å². The minimum atomic E-state index is -0.212. The number of imide groups is 1. The average Bonchev–Trinajstić information content (AvgIpc) is 3.10. The second kappa shape index (κ2) is 8.56. The summed E-state index contributed by atoms with van der Waals surface area (Å²) in [5.41, 5.74) is 5.18. The largest absolute Gasteiger partial charge is 0.384 e. The van der Waals surface area contributed by atoms with Crippen LogP contribution in [0.25, 0.3) is 16.8 Å². The van der Waals surface area contributed by atoms with Crippen molar-refractivity contribution in [2.24, 2.45) is 23.2 Å². The Labute approximate surface area is 215 Å². The Kier molecular flexibility index (Phi) is 5.57. The Morgan fingerprint density at radius 2 is 1.97 bits per heavy atom. The molecule has 2 aliphatic heterocycles. The molecule has 36 heavy (non-hydrogen) atoms. The lowest BCUT2D eigenvalue weighted by Gasteiger charge is -2.25. The summed E-state index contributed by atoms with van der Waals surface area (Å²) in [5, 5.41) is 12.2. The van der Waals surface area contributed by atoms with E-state index in [1.54, 1.807) is 4.52 Å². The zero-order valence-electron chi connectivity index (χ0n) is 20.8. The maximum absolute atomic E-state index is 12.8. The second-order valence-electron chi connectivity index (χ2n) is 11.1. The SMILES string of the molecule is Cc1cc(Cl)cc(-c2ncnn3cc(CN4C(=O)C5C(C4=O)C5(C)C)cc23)c1NCC1CCCNC1. The maximum Gasteiger partial charge on any atom is 0.233 e. The molecule has 4 heterocycles. The van der Waals surface area contributed by atoms with Gasteiger partial charge in [-0.3, -0.25) is 14.5 Å². The van der Waals surface area contributed by atoms with Gasteiger partial charge in [0.05, 0.1) is 29.6 Å². The number of aromatic nitrogens is 3. The first-order valence-corrected chi connectivity index (χ1v) is 13.1. The van der Waals surface area contributed by atoms with Gasteiger partial charge < -0.3 is 10.6 Å². The molecule has 3 aromatic rings. The topological polar surface area (TPSA) is 91.6 Å². The minimum absolute atomic E-state index is 0.0641. The number of carbonyl (C=O) groups is 2. The van der Waals surface area contributed by atoms with Crippen molar-refractivity contribution in [1.29, 1.82) is 0 Å². The monoisotopic (exact) mass is 506 g/mol. The van der Waals surface area contributed by atoms with E-state index in [4.69, 9.17) is 11.6 Å². The van der Waals surface area contributed by atoms with Crippen molar-refractivity contribution in [2.75, 3.05) is 25.0 Å². The maximum atomic E-state index is 12.8. The molecule has 2 N–H and O–H groups in total. The molecular weight excluding hydrogens is 476 g/mol. The number of nitrogens with zero attached hydrogens (tertiary/aromatic N) is 4. The first-order valence-electron chi connectivity index (χ1n) is 12.7. The van der Waals surface area contributed by atoms with E-state index < -0.39 is 0 Å². The zero-order chi connectivity index (χ0) is 25.2. The van der Waals surface area contributed by atoms with Crippen LogP contribution < -0.4 is 10.6 Å². The third kappa shape index (κ3) is 3.78. The van der Waals surface area contributed by atoms with Crippen LogP contribution in [0.3, 0.4) is 0 Å². The van der Waals surface area contributed by atoms with Gasteiger partial charge in [-0.1, -0.05) is 25.4 Å². The van der Waals surface area contributed by atoms with Gasteiger partial charge in [-0.05, 0) is 73.5 Å². The number of fused-ring (bicyclic) bond motifs is 2. The van der Waals surface area contributed by atoms with Crippen LogP contribution in [-0.2, 0) is 16.1 Å². The summed E-state index contributed by atoms with van der Waals surface area (Å²) >= 11 is 6.49. The molecule has 0 bridgehead atoms. The number of likely N-dealkylation sites (tertiary alicyclic amines) is 1. The number of anilines is 1. The van der Waals surface area contributed by atoms with Gasteiger partial charge in [0, 0.05) is 29.0 Å². The molecule has 2 amide bonds. The fraction of sp³-hybridized carbons (Fsp3) is 0.481. The summed E-state index contributed by atoms with van der Waals surface area (Å²) in [5.74, 6) is 0.0785. The van der Waals surface area contributed by atoms with Crippen LogP contribution in [0.4, 0.5) is 5.69 Å². The molecule has 3 aliphatic rings. The number of carbonyl (C=O) groups excluding carboxylic acids is 2. The number of amides is 2. The number of aryl methyl sites for hydroxylation is 1. The first-order chi connectivity index (χ1) is 17.3. The molecule has 2 aromatic heterocycles. The summed E-state index contributed by atoms with van der Waals surface area (Å²) in [7, 11) is 0. The molecule has 3 fully saturated rings. The number of nitrogens with one attached hydrogen (secondary N) is 2. The molecule has 6 rings (SSSR count). The molecule has 3 atom stereocenters. The summed E-state index contributed by atoms with van der Waals surface area (Å²) in [6, 6.07) is 5.87. The van der Waals surface area contributed by atoms with Crippen molar-refractivity contribution in [1.82, 2.24) is 24.8 Å². The molecule has 2 saturated heterocycles. The molecule has 0 radical (unpaired) electrons. The second-order valence-corrected chi connectivity index (χ2v) is 11.5. The van der Waals surface area contributed by atoms with Crippen molar-refractivity contribution < 1.29 is 9.59 Å². The van der Waals surface area contributed by atoms with Crippen molar-refractivity contribution in [3.63, 3.8) is 0 Å².